The number of hydrogen-bond acceptors (Lipinski definition) is 3. The summed E-state index contributed by atoms with van der Waals surface area (Å²) in [5.74, 6) is 0.343. The molecule has 0 aliphatic heterocycles. The number of primary amides is 1. The summed E-state index contributed by atoms with van der Waals surface area (Å²) in [4.78, 5) is 11.0. The molecule has 0 aliphatic rings. The van der Waals surface area contributed by atoms with Crippen molar-refractivity contribution in [3.05, 3.63) is 29.3 Å². The van der Waals surface area contributed by atoms with Crippen LogP contribution in [0.4, 0.5) is 0 Å². The molecule has 1 aromatic rings. The third-order valence-electron chi connectivity index (χ3n) is 2.59. The van der Waals surface area contributed by atoms with Crippen molar-refractivity contribution in [2.75, 3.05) is 13.7 Å². The van der Waals surface area contributed by atoms with Gasteiger partial charge in [0.1, 0.15) is 18.4 Å². The summed E-state index contributed by atoms with van der Waals surface area (Å²) in [6.45, 7) is 4.30. The Hall–Kier alpha value is -1.55. The molecule has 88 valence electrons. The average Bonchev–Trinajstić information content (AvgIpc) is 2.23. The van der Waals surface area contributed by atoms with Crippen molar-refractivity contribution >= 4 is 5.91 Å². The number of aryl methyl sites for hydroxylation is 2. The molecule has 16 heavy (non-hydrogen) atoms. The molecule has 1 atom stereocenters. The van der Waals surface area contributed by atoms with Gasteiger partial charge in [0, 0.05) is 0 Å². The van der Waals surface area contributed by atoms with Crippen LogP contribution in [0.2, 0.25) is 0 Å². The third kappa shape index (κ3) is 3.24. The lowest BCUT2D eigenvalue weighted by atomic mass is 10.1. The summed E-state index contributed by atoms with van der Waals surface area (Å²) in [7, 11) is 1.68. The monoisotopic (exact) mass is 222 g/mol. The Morgan fingerprint density at radius 3 is 2.62 bits per heavy atom. The van der Waals surface area contributed by atoms with E-state index in [0.29, 0.717) is 0 Å². The van der Waals surface area contributed by atoms with E-state index in [1.165, 1.54) is 5.56 Å². The van der Waals surface area contributed by atoms with E-state index in [-0.39, 0.29) is 6.61 Å². The zero-order chi connectivity index (χ0) is 12.1. The molecule has 3 N–H and O–H groups in total. The van der Waals surface area contributed by atoms with Crippen molar-refractivity contribution in [1.29, 1.82) is 0 Å². The zero-order valence-electron chi connectivity index (χ0n) is 9.91. The second-order valence-corrected chi connectivity index (χ2v) is 3.80. The van der Waals surface area contributed by atoms with Gasteiger partial charge in [-0.25, -0.2) is 0 Å². The molecule has 4 heteroatoms. The van der Waals surface area contributed by atoms with Gasteiger partial charge >= 0.3 is 0 Å². The normalized spacial score (nSPS) is 12.2. The molecule has 0 aromatic heterocycles. The van der Waals surface area contributed by atoms with Crippen LogP contribution in [0.25, 0.3) is 0 Å². The van der Waals surface area contributed by atoms with Crippen LogP contribution in [0.3, 0.4) is 0 Å². The molecule has 0 aliphatic carbocycles. The smallest absolute Gasteiger partial charge is 0.238 e. The zero-order valence-corrected chi connectivity index (χ0v) is 9.91. The maximum atomic E-state index is 11.0. The minimum Gasteiger partial charge on any atom is -0.491 e. The fourth-order valence-electron chi connectivity index (χ4n) is 1.29. The van der Waals surface area contributed by atoms with Crippen LogP contribution in [-0.2, 0) is 4.79 Å². The van der Waals surface area contributed by atoms with Gasteiger partial charge in [-0.1, -0.05) is 6.07 Å². The Bertz CT molecular complexity index is 377. The number of benzene rings is 1. The van der Waals surface area contributed by atoms with Crippen molar-refractivity contribution in [1.82, 2.24) is 5.32 Å². The maximum Gasteiger partial charge on any atom is 0.238 e. The van der Waals surface area contributed by atoms with Gasteiger partial charge in [-0.2, -0.15) is 0 Å². The molecule has 0 spiro atoms. The Labute approximate surface area is 95.8 Å². The Morgan fingerprint density at radius 2 is 2.12 bits per heavy atom. The molecule has 1 amide bonds. The van der Waals surface area contributed by atoms with Gasteiger partial charge in [-0.15, -0.1) is 0 Å². The van der Waals surface area contributed by atoms with Crippen molar-refractivity contribution in [2.24, 2.45) is 5.73 Å². The average molecular weight is 222 g/mol. The standard InChI is InChI=1S/C12H18N2O2/c1-8-4-5-10(6-9(8)2)16-7-11(14-3)12(13)15/h4-6,11,14H,7H2,1-3H3,(H2,13,15). The first-order chi connectivity index (χ1) is 7.54. The minimum atomic E-state index is -0.457. The summed E-state index contributed by atoms with van der Waals surface area (Å²) in [5.41, 5.74) is 7.56. The molecule has 0 saturated carbocycles. The van der Waals surface area contributed by atoms with Crippen molar-refractivity contribution in [3.63, 3.8) is 0 Å². The van der Waals surface area contributed by atoms with Crippen molar-refractivity contribution < 1.29 is 9.53 Å². The maximum absolute atomic E-state index is 11.0. The van der Waals surface area contributed by atoms with Crippen LogP contribution in [0.15, 0.2) is 18.2 Å². The first-order valence-corrected chi connectivity index (χ1v) is 5.21. The van der Waals surface area contributed by atoms with E-state index in [4.69, 9.17) is 10.5 Å². The minimum absolute atomic E-state index is 0.244. The fourth-order valence-corrected chi connectivity index (χ4v) is 1.29. The molecular weight excluding hydrogens is 204 g/mol. The van der Waals surface area contributed by atoms with E-state index >= 15 is 0 Å². The molecule has 4 nitrogen and oxygen atoms in total. The lowest BCUT2D eigenvalue weighted by Crippen LogP contribution is -2.43. The number of hydrogen-bond donors (Lipinski definition) is 2. The molecule has 0 fully saturated rings. The van der Waals surface area contributed by atoms with E-state index < -0.39 is 11.9 Å². The number of nitrogens with two attached hydrogens (primary N) is 1. The van der Waals surface area contributed by atoms with Crippen molar-refractivity contribution in [2.45, 2.75) is 19.9 Å². The lowest BCUT2D eigenvalue weighted by Gasteiger charge is -2.14. The highest BCUT2D eigenvalue weighted by molar-refractivity contribution is 5.79. The number of amides is 1. The SMILES string of the molecule is CNC(COc1ccc(C)c(C)c1)C(N)=O. The first kappa shape index (κ1) is 12.5. The molecule has 0 saturated heterocycles. The van der Waals surface area contributed by atoms with Crippen LogP contribution in [0.5, 0.6) is 5.75 Å². The molecular formula is C12H18N2O2. The number of carbonyl (C=O) groups is 1. The predicted octanol–water partition coefficient (Wildman–Crippen LogP) is 0.756. The van der Waals surface area contributed by atoms with E-state index in [1.807, 2.05) is 32.0 Å². The first-order valence-electron chi connectivity index (χ1n) is 5.21. The van der Waals surface area contributed by atoms with Crippen LogP contribution < -0.4 is 15.8 Å². The number of likely N-dealkylation sites (N-methyl/N-ethyl adjacent to an activating group) is 1. The second-order valence-electron chi connectivity index (χ2n) is 3.80. The van der Waals surface area contributed by atoms with Gasteiger partial charge in [0.15, 0.2) is 0 Å². The number of ether oxygens (including phenoxy) is 1. The highest BCUT2D eigenvalue weighted by atomic mass is 16.5. The van der Waals surface area contributed by atoms with Gasteiger partial charge in [0.05, 0.1) is 0 Å². The van der Waals surface area contributed by atoms with Gasteiger partial charge in [0.2, 0.25) is 5.91 Å². The van der Waals surface area contributed by atoms with Gasteiger partial charge < -0.3 is 15.8 Å². The summed E-state index contributed by atoms with van der Waals surface area (Å²) in [5, 5.41) is 2.80. The third-order valence-corrected chi connectivity index (χ3v) is 2.59. The predicted molar refractivity (Wildman–Crippen MR) is 63.5 cm³/mol. The van der Waals surface area contributed by atoms with E-state index in [1.54, 1.807) is 7.05 Å². The van der Waals surface area contributed by atoms with Crippen LogP contribution in [0.1, 0.15) is 11.1 Å². The van der Waals surface area contributed by atoms with Crippen LogP contribution in [-0.4, -0.2) is 25.6 Å². The fraction of sp³-hybridized carbons (Fsp3) is 0.417. The highest BCUT2D eigenvalue weighted by Gasteiger charge is 2.13. The molecule has 1 aromatic carbocycles. The summed E-state index contributed by atoms with van der Waals surface area (Å²) in [6, 6.07) is 5.36. The van der Waals surface area contributed by atoms with Gasteiger partial charge in [-0.05, 0) is 44.2 Å². The molecule has 0 radical (unpaired) electrons. The molecule has 1 unspecified atom stereocenters. The summed E-state index contributed by atoms with van der Waals surface area (Å²) in [6.07, 6.45) is 0. The number of rotatable bonds is 5. The largest absolute Gasteiger partial charge is 0.491 e. The number of carbonyl (C=O) groups excluding carboxylic acids is 1. The molecule has 0 bridgehead atoms. The lowest BCUT2D eigenvalue weighted by molar-refractivity contribution is -0.120. The quantitative estimate of drug-likeness (QED) is 0.773. The van der Waals surface area contributed by atoms with Gasteiger partial charge in [0.25, 0.3) is 0 Å². The second kappa shape index (κ2) is 5.51. The Kier molecular flexibility index (Phi) is 4.31. The molecule has 1 rings (SSSR count). The Morgan fingerprint density at radius 1 is 1.44 bits per heavy atom. The topological polar surface area (TPSA) is 64.3 Å². The summed E-state index contributed by atoms with van der Waals surface area (Å²) < 4.78 is 5.49. The van der Waals surface area contributed by atoms with E-state index in [0.717, 1.165) is 11.3 Å². The molecule has 0 heterocycles. The summed E-state index contributed by atoms with van der Waals surface area (Å²) >= 11 is 0. The van der Waals surface area contributed by atoms with Gasteiger partial charge in [-0.3, -0.25) is 4.79 Å². The van der Waals surface area contributed by atoms with Crippen LogP contribution in [0, 0.1) is 13.8 Å². The van der Waals surface area contributed by atoms with E-state index in [9.17, 15) is 4.79 Å². The van der Waals surface area contributed by atoms with Crippen molar-refractivity contribution in [3.8, 4) is 5.75 Å². The number of nitrogens with one attached hydrogen (secondary N) is 1. The Balaban J connectivity index is 2.60. The van der Waals surface area contributed by atoms with E-state index in [2.05, 4.69) is 5.32 Å². The highest BCUT2D eigenvalue weighted by Crippen LogP contribution is 2.16. The van der Waals surface area contributed by atoms with Crippen LogP contribution >= 0.6 is 0 Å².